The summed E-state index contributed by atoms with van der Waals surface area (Å²) < 4.78 is 54.0. The third-order valence-corrected chi connectivity index (χ3v) is 3.62. The molecule has 8 heteroatoms. The lowest BCUT2D eigenvalue weighted by atomic mass is 10.3. The molecule has 0 bridgehead atoms. The number of nitrogens with zero attached hydrogens (tertiary/aromatic N) is 1. The van der Waals surface area contributed by atoms with Crippen molar-refractivity contribution in [1.82, 2.24) is 4.90 Å². The Bertz CT molecular complexity index is 549. The van der Waals surface area contributed by atoms with Crippen molar-refractivity contribution in [2.45, 2.75) is 11.3 Å². The van der Waals surface area contributed by atoms with Crippen LogP contribution in [0.1, 0.15) is 6.42 Å². The molecule has 1 aromatic carbocycles. The maximum absolute atomic E-state index is 13.5. The van der Waals surface area contributed by atoms with Crippen molar-refractivity contribution in [1.29, 1.82) is 0 Å². The van der Waals surface area contributed by atoms with Crippen LogP contribution in [0.25, 0.3) is 0 Å². The minimum atomic E-state index is -4.31. The van der Waals surface area contributed by atoms with Crippen LogP contribution < -0.4 is 4.74 Å². The van der Waals surface area contributed by atoms with E-state index in [2.05, 4.69) is 0 Å². The van der Waals surface area contributed by atoms with Crippen molar-refractivity contribution in [2.75, 3.05) is 27.2 Å². The normalized spacial score (nSPS) is 11.9. The van der Waals surface area contributed by atoms with E-state index in [0.717, 1.165) is 18.7 Å². The molecule has 0 atom stereocenters. The molecule has 0 aliphatic rings. The van der Waals surface area contributed by atoms with Crippen molar-refractivity contribution in [2.24, 2.45) is 0 Å². The minimum Gasteiger partial charge on any atom is -0.490 e. The van der Waals surface area contributed by atoms with E-state index in [0.29, 0.717) is 6.42 Å². The molecule has 0 fully saturated rings. The number of rotatable bonds is 6. The molecule has 108 valence electrons. The van der Waals surface area contributed by atoms with Crippen LogP contribution in [0.2, 0.25) is 0 Å². The van der Waals surface area contributed by atoms with E-state index in [4.69, 9.17) is 15.4 Å². The summed E-state index contributed by atoms with van der Waals surface area (Å²) in [5.41, 5.74) is 0. The zero-order valence-corrected chi connectivity index (χ0v) is 12.1. The fourth-order valence-electron chi connectivity index (χ4n) is 1.38. The molecule has 0 heterocycles. The van der Waals surface area contributed by atoms with E-state index in [-0.39, 0.29) is 12.4 Å². The molecule has 0 amide bonds. The molecule has 1 rings (SSSR count). The van der Waals surface area contributed by atoms with Gasteiger partial charge in [-0.2, -0.15) is 4.39 Å². The zero-order valence-electron chi connectivity index (χ0n) is 10.5. The molecule has 0 aliphatic carbocycles. The van der Waals surface area contributed by atoms with Gasteiger partial charge < -0.3 is 9.64 Å². The van der Waals surface area contributed by atoms with E-state index >= 15 is 0 Å². The number of benzene rings is 1. The van der Waals surface area contributed by atoms with Crippen LogP contribution in [-0.2, 0) is 9.05 Å². The standard InChI is InChI=1S/C11H14ClF2NO3S/c1-15(2)6-3-7-18-8-4-5-9(19(12,16)17)11(14)10(8)13/h4-5H,3,6-7H2,1-2H3. The third kappa shape index (κ3) is 4.59. The van der Waals surface area contributed by atoms with Gasteiger partial charge in [0.1, 0.15) is 4.90 Å². The summed E-state index contributed by atoms with van der Waals surface area (Å²) in [6.45, 7) is 0.930. The molecule has 0 spiro atoms. The van der Waals surface area contributed by atoms with Gasteiger partial charge in [0.2, 0.25) is 5.82 Å². The maximum Gasteiger partial charge on any atom is 0.264 e. The molecule has 4 nitrogen and oxygen atoms in total. The first-order valence-corrected chi connectivity index (χ1v) is 7.74. The van der Waals surface area contributed by atoms with Crippen molar-refractivity contribution < 1.29 is 21.9 Å². The SMILES string of the molecule is CN(C)CCCOc1ccc(S(=O)(=O)Cl)c(F)c1F. The Morgan fingerprint density at radius 3 is 2.42 bits per heavy atom. The van der Waals surface area contributed by atoms with Gasteiger partial charge in [-0.15, -0.1) is 0 Å². The van der Waals surface area contributed by atoms with Crippen LogP contribution in [0.15, 0.2) is 17.0 Å². The van der Waals surface area contributed by atoms with E-state index in [1.165, 1.54) is 0 Å². The summed E-state index contributed by atoms with van der Waals surface area (Å²) >= 11 is 0. The summed E-state index contributed by atoms with van der Waals surface area (Å²) in [5, 5.41) is 0. The van der Waals surface area contributed by atoms with Gasteiger partial charge in [-0.25, -0.2) is 12.8 Å². The van der Waals surface area contributed by atoms with Gasteiger partial charge in [-0.1, -0.05) is 0 Å². The van der Waals surface area contributed by atoms with E-state index < -0.39 is 25.6 Å². The second-order valence-electron chi connectivity index (χ2n) is 4.13. The first-order valence-electron chi connectivity index (χ1n) is 5.43. The Kier molecular flexibility index (Phi) is 5.51. The highest BCUT2D eigenvalue weighted by atomic mass is 35.7. The highest BCUT2D eigenvalue weighted by Gasteiger charge is 2.22. The van der Waals surface area contributed by atoms with E-state index in [1.54, 1.807) is 0 Å². The molecule has 0 saturated carbocycles. The number of halogens is 3. The van der Waals surface area contributed by atoms with Crippen LogP contribution in [0.3, 0.4) is 0 Å². The predicted octanol–water partition coefficient (Wildman–Crippen LogP) is 2.22. The molecule has 0 N–H and O–H groups in total. The largest absolute Gasteiger partial charge is 0.490 e. The Morgan fingerprint density at radius 1 is 1.26 bits per heavy atom. The molecule has 0 unspecified atom stereocenters. The summed E-state index contributed by atoms with van der Waals surface area (Å²) in [4.78, 5) is 1.02. The topological polar surface area (TPSA) is 46.6 Å². The quantitative estimate of drug-likeness (QED) is 0.597. The van der Waals surface area contributed by atoms with Crippen LogP contribution in [0.4, 0.5) is 8.78 Å². The van der Waals surface area contributed by atoms with Crippen LogP contribution in [0.5, 0.6) is 5.75 Å². The highest BCUT2D eigenvalue weighted by Crippen LogP contribution is 2.27. The predicted molar refractivity (Wildman–Crippen MR) is 68.1 cm³/mol. The van der Waals surface area contributed by atoms with Gasteiger partial charge in [0, 0.05) is 17.2 Å². The first kappa shape index (κ1) is 16.1. The molecule has 19 heavy (non-hydrogen) atoms. The van der Waals surface area contributed by atoms with Crippen LogP contribution >= 0.6 is 10.7 Å². The van der Waals surface area contributed by atoms with Gasteiger partial charge in [0.15, 0.2) is 11.6 Å². The van der Waals surface area contributed by atoms with E-state index in [1.807, 2.05) is 19.0 Å². The summed E-state index contributed by atoms with van der Waals surface area (Å²) in [6.07, 6.45) is 0.629. The molecule has 0 radical (unpaired) electrons. The fourth-order valence-corrected chi connectivity index (χ4v) is 2.27. The number of hydrogen-bond acceptors (Lipinski definition) is 4. The lowest BCUT2D eigenvalue weighted by Gasteiger charge is -2.11. The molecule has 0 saturated heterocycles. The molecule has 0 aromatic heterocycles. The summed E-state index contributed by atoms with van der Waals surface area (Å²) in [7, 11) is 4.41. The molecular weight excluding hydrogens is 300 g/mol. The Labute approximate surface area is 115 Å². The van der Waals surface area contributed by atoms with Crippen LogP contribution in [-0.4, -0.2) is 40.6 Å². The van der Waals surface area contributed by atoms with Gasteiger partial charge in [0.25, 0.3) is 9.05 Å². The third-order valence-electron chi connectivity index (χ3n) is 2.28. The van der Waals surface area contributed by atoms with Crippen molar-refractivity contribution in [3.8, 4) is 5.75 Å². The fraction of sp³-hybridized carbons (Fsp3) is 0.455. The second kappa shape index (κ2) is 6.49. The van der Waals surface area contributed by atoms with Gasteiger partial charge in [-0.05, 0) is 32.6 Å². The number of hydrogen-bond donors (Lipinski definition) is 0. The minimum absolute atomic E-state index is 0.196. The highest BCUT2D eigenvalue weighted by molar-refractivity contribution is 8.13. The lowest BCUT2D eigenvalue weighted by Crippen LogP contribution is -2.16. The van der Waals surface area contributed by atoms with Crippen LogP contribution in [0, 0.1) is 11.6 Å². The zero-order chi connectivity index (χ0) is 14.6. The van der Waals surface area contributed by atoms with Crippen molar-refractivity contribution in [3.05, 3.63) is 23.8 Å². The Morgan fingerprint density at radius 2 is 1.89 bits per heavy atom. The van der Waals surface area contributed by atoms with E-state index in [9.17, 15) is 17.2 Å². The van der Waals surface area contributed by atoms with Gasteiger partial charge in [0.05, 0.1) is 6.61 Å². The molecule has 0 aliphatic heterocycles. The summed E-state index contributed by atoms with van der Waals surface area (Å²) in [5.74, 6) is -3.22. The Balaban J connectivity index is 2.80. The average molecular weight is 314 g/mol. The van der Waals surface area contributed by atoms with Crippen molar-refractivity contribution in [3.63, 3.8) is 0 Å². The smallest absolute Gasteiger partial charge is 0.264 e. The monoisotopic (exact) mass is 313 g/mol. The maximum atomic E-state index is 13.5. The van der Waals surface area contributed by atoms with Gasteiger partial charge in [-0.3, -0.25) is 0 Å². The van der Waals surface area contributed by atoms with Gasteiger partial charge >= 0.3 is 0 Å². The molecule has 1 aromatic rings. The average Bonchev–Trinajstić information content (AvgIpc) is 2.27. The second-order valence-corrected chi connectivity index (χ2v) is 6.67. The van der Waals surface area contributed by atoms with Crippen molar-refractivity contribution >= 4 is 19.7 Å². The molecular formula is C11H14ClF2NO3S. The lowest BCUT2D eigenvalue weighted by molar-refractivity contribution is 0.266. The number of ether oxygens (including phenoxy) is 1. The Hall–Kier alpha value is -0.920. The first-order chi connectivity index (χ1) is 8.73. The summed E-state index contributed by atoms with van der Waals surface area (Å²) in [6, 6.07) is 1.92.